The molecule has 6 nitrogen and oxygen atoms in total. The van der Waals surface area contributed by atoms with E-state index in [0.29, 0.717) is 18.2 Å². The minimum absolute atomic E-state index is 0.407. The van der Waals surface area contributed by atoms with Crippen molar-refractivity contribution in [3.63, 3.8) is 0 Å². The van der Waals surface area contributed by atoms with Crippen LogP contribution in [-0.4, -0.2) is 19.7 Å². The lowest BCUT2D eigenvalue weighted by Crippen LogP contribution is -2.06. The third-order valence-electron chi connectivity index (χ3n) is 2.51. The van der Waals surface area contributed by atoms with Crippen LogP contribution >= 0.6 is 0 Å². The maximum Gasteiger partial charge on any atom is 0.169 e. The number of rotatable bonds is 3. The van der Waals surface area contributed by atoms with E-state index in [1.54, 1.807) is 12.4 Å². The van der Waals surface area contributed by atoms with Gasteiger partial charge in [0.15, 0.2) is 11.6 Å². The summed E-state index contributed by atoms with van der Waals surface area (Å²) >= 11 is 0. The number of aromatic nitrogens is 4. The van der Waals surface area contributed by atoms with Gasteiger partial charge in [-0.25, -0.2) is 9.97 Å². The lowest BCUT2D eigenvalue weighted by molar-refractivity contribution is 0.738. The van der Waals surface area contributed by atoms with E-state index in [1.165, 1.54) is 0 Å². The molecule has 0 aliphatic rings. The molecule has 0 saturated carbocycles. The monoisotopic (exact) mass is 218 g/mol. The summed E-state index contributed by atoms with van der Waals surface area (Å²) in [5.41, 5.74) is 7.91. The molecule has 16 heavy (non-hydrogen) atoms. The van der Waals surface area contributed by atoms with Gasteiger partial charge < -0.3 is 11.1 Å². The third kappa shape index (κ3) is 1.95. The fraction of sp³-hybridized carbons (Fsp3) is 0.300. The Bertz CT molecular complexity index is 490. The highest BCUT2D eigenvalue weighted by molar-refractivity contribution is 5.55. The second-order valence-electron chi connectivity index (χ2n) is 3.52. The van der Waals surface area contributed by atoms with Crippen LogP contribution in [0.1, 0.15) is 11.3 Å². The molecule has 0 aromatic carbocycles. The van der Waals surface area contributed by atoms with Crippen LogP contribution in [0.4, 0.5) is 11.6 Å². The molecule has 0 unspecified atom stereocenters. The first-order chi connectivity index (χ1) is 7.68. The number of nitrogens with two attached hydrogens (primary N) is 1. The summed E-state index contributed by atoms with van der Waals surface area (Å²) in [5.74, 6) is 1.01. The Balaban J connectivity index is 2.08. The van der Waals surface area contributed by atoms with Gasteiger partial charge in [0.2, 0.25) is 0 Å². The Morgan fingerprint density at radius 2 is 2.12 bits per heavy atom. The summed E-state index contributed by atoms with van der Waals surface area (Å²) in [6.45, 7) is 2.66. The molecule has 2 rings (SSSR count). The van der Waals surface area contributed by atoms with Gasteiger partial charge in [0, 0.05) is 37.2 Å². The molecular weight excluding hydrogens is 204 g/mol. The molecule has 84 valence electrons. The number of nitrogen functional groups attached to an aromatic ring is 1. The predicted octanol–water partition coefficient (Wildman–Crippen LogP) is 0.713. The molecule has 0 saturated heterocycles. The average molecular weight is 218 g/mol. The SMILES string of the molecule is Cc1c(CNc2nccnc2N)cnn1C. The lowest BCUT2D eigenvalue weighted by atomic mass is 10.2. The zero-order valence-electron chi connectivity index (χ0n) is 9.31. The first-order valence-corrected chi connectivity index (χ1v) is 4.96. The average Bonchev–Trinajstić information content (AvgIpc) is 2.59. The first-order valence-electron chi connectivity index (χ1n) is 4.96. The highest BCUT2D eigenvalue weighted by Gasteiger charge is 2.05. The van der Waals surface area contributed by atoms with E-state index in [1.807, 2.05) is 24.9 Å². The van der Waals surface area contributed by atoms with Gasteiger partial charge in [-0.15, -0.1) is 0 Å². The van der Waals surface area contributed by atoms with Crippen LogP contribution in [-0.2, 0) is 13.6 Å². The quantitative estimate of drug-likeness (QED) is 0.793. The van der Waals surface area contributed by atoms with Gasteiger partial charge in [0.05, 0.1) is 6.20 Å². The van der Waals surface area contributed by atoms with Crippen molar-refractivity contribution in [2.75, 3.05) is 11.1 Å². The maximum atomic E-state index is 5.67. The van der Waals surface area contributed by atoms with E-state index in [-0.39, 0.29) is 0 Å². The largest absolute Gasteiger partial charge is 0.381 e. The molecule has 0 bridgehead atoms. The van der Waals surface area contributed by atoms with Crippen molar-refractivity contribution in [2.24, 2.45) is 7.05 Å². The van der Waals surface area contributed by atoms with Crippen molar-refractivity contribution in [3.8, 4) is 0 Å². The number of aryl methyl sites for hydroxylation is 1. The normalized spacial score (nSPS) is 10.4. The number of anilines is 2. The standard InChI is InChI=1S/C10H14N6/c1-7-8(6-15-16(7)2)5-14-10-9(11)12-3-4-13-10/h3-4,6H,5H2,1-2H3,(H2,11,12)(H,13,14). The maximum absolute atomic E-state index is 5.67. The van der Waals surface area contributed by atoms with Crippen LogP contribution in [0.3, 0.4) is 0 Å². The van der Waals surface area contributed by atoms with Gasteiger partial charge in [0.25, 0.3) is 0 Å². The van der Waals surface area contributed by atoms with Gasteiger partial charge in [-0.2, -0.15) is 5.10 Å². The molecule has 2 aromatic rings. The van der Waals surface area contributed by atoms with Crippen LogP contribution in [0.5, 0.6) is 0 Å². The minimum atomic E-state index is 0.407. The number of hydrogen-bond acceptors (Lipinski definition) is 5. The summed E-state index contributed by atoms with van der Waals surface area (Å²) < 4.78 is 1.83. The van der Waals surface area contributed by atoms with E-state index < -0.39 is 0 Å². The number of nitrogens with one attached hydrogen (secondary N) is 1. The van der Waals surface area contributed by atoms with Crippen LogP contribution in [0.2, 0.25) is 0 Å². The van der Waals surface area contributed by atoms with Crippen LogP contribution in [0.25, 0.3) is 0 Å². The fourth-order valence-electron chi connectivity index (χ4n) is 1.38. The fourth-order valence-corrected chi connectivity index (χ4v) is 1.38. The molecule has 2 heterocycles. The molecule has 0 fully saturated rings. The van der Waals surface area contributed by atoms with Crippen LogP contribution < -0.4 is 11.1 Å². The van der Waals surface area contributed by atoms with E-state index in [2.05, 4.69) is 20.4 Å². The molecule has 0 atom stereocenters. The Kier molecular flexibility index (Phi) is 2.72. The van der Waals surface area contributed by atoms with Crippen molar-refractivity contribution >= 4 is 11.6 Å². The van der Waals surface area contributed by atoms with Gasteiger partial charge in [-0.1, -0.05) is 0 Å². The van der Waals surface area contributed by atoms with Gasteiger partial charge in [0.1, 0.15) is 0 Å². The van der Waals surface area contributed by atoms with E-state index in [4.69, 9.17) is 5.73 Å². The Morgan fingerprint density at radius 1 is 1.38 bits per heavy atom. The van der Waals surface area contributed by atoms with E-state index in [9.17, 15) is 0 Å². The predicted molar refractivity (Wildman–Crippen MR) is 61.7 cm³/mol. The summed E-state index contributed by atoms with van der Waals surface area (Å²) in [7, 11) is 1.91. The highest BCUT2D eigenvalue weighted by atomic mass is 15.3. The summed E-state index contributed by atoms with van der Waals surface area (Å²) in [6, 6.07) is 0. The highest BCUT2D eigenvalue weighted by Crippen LogP contribution is 2.12. The van der Waals surface area contributed by atoms with Crippen LogP contribution in [0, 0.1) is 6.92 Å². The molecule has 0 aliphatic carbocycles. The molecule has 3 N–H and O–H groups in total. The Labute approximate surface area is 93.5 Å². The minimum Gasteiger partial charge on any atom is -0.381 e. The molecule has 0 aliphatic heterocycles. The van der Waals surface area contributed by atoms with Crippen molar-refractivity contribution < 1.29 is 0 Å². The van der Waals surface area contributed by atoms with Crippen molar-refractivity contribution in [1.29, 1.82) is 0 Å². The van der Waals surface area contributed by atoms with Gasteiger partial charge in [-0.05, 0) is 6.92 Å². The molecule has 0 amide bonds. The topological polar surface area (TPSA) is 81.7 Å². The smallest absolute Gasteiger partial charge is 0.169 e. The van der Waals surface area contributed by atoms with Crippen molar-refractivity contribution in [1.82, 2.24) is 19.7 Å². The second kappa shape index (κ2) is 4.18. The third-order valence-corrected chi connectivity index (χ3v) is 2.51. The van der Waals surface area contributed by atoms with Crippen molar-refractivity contribution in [3.05, 3.63) is 29.8 Å². The van der Waals surface area contributed by atoms with E-state index in [0.717, 1.165) is 11.3 Å². The molecular formula is C10H14N6. The Morgan fingerprint density at radius 3 is 2.75 bits per heavy atom. The zero-order valence-corrected chi connectivity index (χ0v) is 9.31. The van der Waals surface area contributed by atoms with Gasteiger partial charge in [-0.3, -0.25) is 4.68 Å². The second-order valence-corrected chi connectivity index (χ2v) is 3.52. The molecule has 0 spiro atoms. The molecule has 0 radical (unpaired) electrons. The number of nitrogens with zero attached hydrogens (tertiary/aromatic N) is 4. The van der Waals surface area contributed by atoms with Crippen molar-refractivity contribution in [2.45, 2.75) is 13.5 Å². The summed E-state index contributed by atoms with van der Waals surface area (Å²) in [4.78, 5) is 8.05. The molecule has 6 heteroatoms. The summed E-state index contributed by atoms with van der Waals surface area (Å²) in [6.07, 6.45) is 5.00. The van der Waals surface area contributed by atoms with Crippen LogP contribution in [0.15, 0.2) is 18.6 Å². The summed E-state index contributed by atoms with van der Waals surface area (Å²) in [5, 5.41) is 7.29. The Hall–Kier alpha value is -2.11. The van der Waals surface area contributed by atoms with Gasteiger partial charge >= 0.3 is 0 Å². The van der Waals surface area contributed by atoms with E-state index >= 15 is 0 Å². The number of hydrogen-bond donors (Lipinski definition) is 2. The lowest BCUT2D eigenvalue weighted by Gasteiger charge is -2.06. The molecule has 2 aromatic heterocycles. The first kappa shape index (κ1) is 10.4. The zero-order chi connectivity index (χ0) is 11.5.